The fourth-order valence-corrected chi connectivity index (χ4v) is 1.25. The van der Waals surface area contributed by atoms with Crippen LogP contribution >= 0.6 is 11.6 Å². The molecule has 0 radical (unpaired) electrons. The molecular weight excluding hydrogens is 226 g/mol. The number of hydrogen-bond donors (Lipinski definition) is 0. The first-order valence-electron chi connectivity index (χ1n) is 3.98. The van der Waals surface area contributed by atoms with E-state index >= 15 is 0 Å². The highest BCUT2D eigenvalue weighted by Gasteiger charge is 2.42. The van der Waals surface area contributed by atoms with Crippen molar-refractivity contribution in [2.45, 2.75) is 6.92 Å². The van der Waals surface area contributed by atoms with Crippen LogP contribution in [0.15, 0.2) is 17.0 Å². The molecule has 1 rings (SSSR count). The highest BCUT2D eigenvalue weighted by molar-refractivity contribution is 6.27. The van der Waals surface area contributed by atoms with Gasteiger partial charge < -0.3 is 5.21 Å². The van der Waals surface area contributed by atoms with Crippen LogP contribution in [0.3, 0.4) is 0 Å². The molecule has 0 spiro atoms. The summed E-state index contributed by atoms with van der Waals surface area (Å²) in [6, 6.07) is 0. The minimum atomic E-state index is -1.45. The number of carbonyl (C=O) groups is 1. The molecule has 8 heteroatoms. The van der Waals surface area contributed by atoms with E-state index in [1.54, 1.807) is 0 Å². The van der Waals surface area contributed by atoms with E-state index in [2.05, 4.69) is 4.99 Å². The Labute approximate surface area is 90.0 Å². The fraction of sp³-hybridized carbons (Fsp3) is 0.429. The molecule has 1 unspecified atom stereocenters. The van der Waals surface area contributed by atoms with Crippen molar-refractivity contribution in [1.29, 1.82) is 0 Å². The van der Waals surface area contributed by atoms with Crippen molar-refractivity contribution in [3.8, 4) is 0 Å². The summed E-state index contributed by atoms with van der Waals surface area (Å²) >= 11 is 5.24. The van der Waals surface area contributed by atoms with Gasteiger partial charge in [0.2, 0.25) is 11.6 Å². The lowest BCUT2D eigenvalue weighted by atomic mass is 10.3. The molecule has 15 heavy (non-hydrogen) atoms. The zero-order valence-corrected chi connectivity index (χ0v) is 8.60. The number of hydrogen-bond acceptors (Lipinski definition) is 5. The fourth-order valence-electron chi connectivity index (χ4n) is 1.17. The number of nitrogens with zero attached hydrogens (tertiary/aromatic N) is 3. The molecule has 0 amide bonds. The Hall–Kier alpha value is -1.31. The van der Waals surface area contributed by atoms with Gasteiger partial charge in [0.25, 0.3) is 0 Å². The van der Waals surface area contributed by atoms with Crippen LogP contribution in [0.5, 0.6) is 0 Å². The summed E-state index contributed by atoms with van der Waals surface area (Å²) < 4.78 is -1.45. The van der Waals surface area contributed by atoms with Gasteiger partial charge in [-0.05, 0) is 0 Å². The molecule has 7 nitrogen and oxygen atoms in total. The van der Waals surface area contributed by atoms with Gasteiger partial charge in [-0.1, -0.05) is 0 Å². The van der Waals surface area contributed by atoms with Gasteiger partial charge in [0.05, 0.1) is 5.88 Å². The second-order valence-electron chi connectivity index (χ2n) is 2.99. The normalized spacial score (nSPS) is 24.7. The highest BCUT2D eigenvalue weighted by Crippen LogP contribution is 2.23. The molecule has 0 bridgehead atoms. The molecule has 0 aromatic carbocycles. The average Bonchev–Trinajstić information content (AvgIpc) is 2.43. The number of amidine groups is 1. The quantitative estimate of drug-likeness (QED) is 0.234. The minimum Gasteiger partial charge on any atom is -0.616 e. The Morgan fingerprint density at radius 3 is 2.80 bits per heavy atom. The summed E-state index contributed by atoms with van der Waals surface area (Å²) in [5.41, 5.74) is 0. The van der Waals surface area contributed by atoms with E-state index in [1.807, 2.05) is 0 Å². The summed E-state index contributed by atoms with van der Waals surface area (Å²) in [6.07, 6.45) is 0.865. The number of Topliss-reactive ketones (excluding diaryl/α,β-unsaturated/α-hetero) is 1. The van der Waals surface area contributed by atoms with Gasteiger partial charge in [0.15, 0.2) is 12.7 Å². The lowest BCUT2D eigenvalue weighted by molar-refractivity contribution is -0.813. The van der Waals surface area contributed by atoms with E-state index in [0.29, 0.717) is 0 Å². The standard InChI is InChI=1S/C7H8ClN3O4/c1-5-9-3-7(10(13)14)11(5,15)4-6(12)2-8/h3H,2,4H2,1H3. The maximum Gasteiger partial charge on any atom is 0.452 e. The highest BCUT2D eigenvalue weighted by atomic mass is 35.5. The molecule has 0 saturated heterocycles. The van der Waals surface area contributed by atoms with Gasteiger partial charge in [0, 0.05) is 6.92 Å². The van der Waals surface area contributed by atoms with Gasteiger partial charge >= 0.3 is 5.82 Å². The van der Waals surface area contributed by atoms with Crippen molar-refractivity contribution >= 4 is 23.2 Å². The van der Waals surface area contributed by atoms with Crippen molar-refractivity contribution in [2.24, 2.45) is 4.99 Å². The van der Waals surface area contributed by atoms with Crippen LogP contribution in [0.2, 0.25) is 0 Å². The van der Waals surface area contributed by atoms with E-state index < -0.39 is 27.7 Å². The van der Waals surface area contributed by atoms with Crippen molar-refractivity contribution in [2.75, 3.05) is 12.4 Å². The zero-order chi connectivity index (χ0) is 11.6. The molecule has 1 heterocycles. The molecule has 0 fully saturated rings. The number of alkyl halides is 1. The largest absolute Gasteiger partial charge is 0.616 e. The van der Waals surface area contributed by atoms with Gasteiger partial charge in [-0.15, -0.1) is 11.6 Å². The van der Waals surface area contributed by atoms with Crippen molar-refractivity contribution < 1.29 is 14.4 Å². The molecule has 82 valence electrons. The third kappa shape index (κ3) is 2.04. The maximum absolute atomic E-state index is 12.0. The number of rotatable bonds is 4. The third-order valence-electron chi connectivity index (χ3n) is 1.99. The van der Waals surface area contributed by atoms with Crippen LogP contribution in [0.1, 0.15) is 6.92 Å². The molecule has 1 aliphatic heterocycles. The Bertz CT molecular complexity index is 378. The van der Waals surface area contributed by atoms with Gasteiger partial charge in [-0.3, -0.25) is 14.9 Å². The van der Waals surface area contributed by atoms with E-state index in [0.717, 1.165) is 6.20 Å². The predicted molar refractivity (Wildman–Crippen MR) is 52.4 cm³/mol. The number of quaternary nitrogens is 1. The molecule has 1 atom stereocenters. The van der Waals surface area contributed by atoms with Gasteiger partial charge in [-0.25, -0.2) is 4.65 Å². The Morgan fingerprint density at radius 2 is 2.33 bits per heavy atom. The topological polar surface area (TPSA) is 95.6 Å². The zero-order valence-electron chi connectivity index (χ0n) is 7.84. The molecular formula is C7H8ClN3O4. The van der Waals surface area contributed by atoms with E-state index in [4.69, 9.17) is 11.6 Å². The lowest BCUT2D eigenvalue weighted by Crippen LogP contribution is -2.49. The van der Waals surface area contributed by atoms with E-state index in [-0.39, 0.29) is 11.7 Å². The second kappa shape index (κ2) is 4.05. The third-order valence-corrected chi connectivity index (χ3v) is 2.29. The first-order chi connectivity index (χ1) is 6.91. The Balaban J connectivity index is 2.98. The molecule has 1 aliphatic rings. The van der Waals surface area contributed by atoms with E-state index in [9.17, 15) is 20.1 Å². The number of halogens is 1. The number of aliphatic imine (C=N–C) groups is 1. The van der Waals surface area contributed by atoms with Crippen molar-refractivity contribution in [3.05, 3.63) is 27.3 Å². The summed E-state index contributed by atoms with van der Waals surface area (Å²) in [5, 5.41) is 22.5. The molecule has 0 N–H and O–H groups in total. The average molecular weight is 234 g/mol. The first kappa shape index (κ1) is 11.8. The van der Waals surface area contributed by atoms with E-state index in [1.165, 1.54) is 6.92 Å². The van der Waals surface area contributed by atoms with Crippen molar-refractivity contribution in [3.63, 3.8) is 0 Å². The van der Waals surface area contributed by atoms with Crippen LogP contribution in [-0.2, 0) is 4.79 Å². The number of ketones is 1. The first-order valence-corrected chi connectivity index (χ1v) is 4.52. The molecule has 0 aliphatic carbocycles. The minimum absolute atomic E-state index is 0.0415. The van der Waals surface area contributed by atoms with Crippen LogP contribution in [0.4, 0.5) is 0 Å². The van der Waals surface area contributed by atoms with Gasteiger partial charge in [-0.2, -0.15) is 4.99 Å². The van der Waals surface area contributed by atoms with Crippen LogP contribution in [0.25, 0.3) is 0 Å². The van der Waals surface area contributed by atoms with Crippen LogP contribution in [-0.4, -0.2) is 33.6 Å². The maximum atomic E-state index is 12.0. The summed E-state index contributed by atoms with van der Waals surface area (Å²) in [5.74, 6) is -1.61. The Morgan fingerprint density at radius 1 is 1.73 bits per heavy atom. The van der Waals surface area contributed by atoms with Crippen LogP contribution in [0, 0.1) is 15.3 Å². The van der Waals surface area contributed by atoms with Crippen molar-refractivity contribution in [1.82, 2.24) is 0 Å². The summed E-state index contributed by atoms with van der Waals surface area (Å²) in [6.45, 7) is 0.743. The number of carbonyl (C=O) groups excluding carboxylic acids is 1. The monoisotopic (exact) mass is 233 g/mol. The van der Waals surface area contributed by atoms with Gasteiger partial charge in [0.1, 0.15) is 4.92 Å². The number of nitro groups is 1. The predicted octanol–water partition coefficient (Wildman–Crippen LogP) is 0.617. The number of hydroxylamine groups is 3. The van der Waals surface area contributed by atoms with Crippen LogP contribution < -0.4 is 0 Å². The second-order valence-corrected chi connectivity index (χ2v) is 3.26. The molecule has 0 aromatic heterocycles. The lowest BCUT2D eigenvalue weighted by Gasteiger charge is -2.32. The molecule has 0 saturated carbocycles. The summed E-state index contributed by atoms with van der Waals surface area (Å²) in [7, 11) is 0. The molecule has 0 aromatic rings. The SMILES string of the molecule is CC1=NC=C([N+](=O)[O-])[N+]1([O-])CC(=O)CCl. The summed E-state index contributed by atoms with van der Waals surface area (Å²) in [4.78, 5) is 24.3. The Kier molecular flexibility index (Phi) is 3.18. The smallest absolute Gasteiger partial charge is 0.452 e.